The van der Waals surface area contributed by atoms with E-state index in [1.54, 1.807) is 0 Å². The van der Waals surface area contributed by atoms with Crippen molar-refractivity contribution in [2.24, 2.45) is 0 Å². The van der Waals surface area contributed by atoms with Crippen LogP contribution >= 0.6 is 23.2 Å². The molecule has 7 heteroatoms. The third kappa shape index (κ3) is 10.1. The predicted molar refractivity (Wildman–Crippen MR) is 93.3 cm³/mol. The Kier molecular flexibility index (Phi) is 10.6. The van der Waals surface area contributed by atoms with Gasteiger partial charge >= 0.3 is 0 Å². The van der Waals surface area contributed by atoms with E-state index in [-0.39, 0.29) is 28.2 Å². The normalized spacial score (nSPS) is 12.6. The van der Waals surface area contributed by atoms with Crippen molar-refractivity contribution in [3.05, 3.63) is 28.0 Å². The summed E-state index contributed by atoms with van der Waals surface area (Å²) in [6.45, 7) is 5.66. The zero-order valence-electron chi connectivity index (χ0n) is 13.7. The van der Waals surface area contributed by atoms with Crippen molar-refractivity contribution < 1.29 is 14.7 Å². The van der Waals surface area contributed by atoms with E-state index in [2.05, 4.69) is 10.3 Å². The van der Waals surface area contributed by atoms with Gasteiger partial charge in [-0.15, -0.1) is 0 Å². The topological polar surface area (TPSA) is 79.3 Å². The first-order valence-corrected chi connectivity index (χ1v) is 8.24. The number of nitrogens with one attached hydrogen (secondary N) is 1. The molecule has 0 aliphatic heterocycles. The summed E-state index contributed by atoms with van der Waals surface area (Å²) in [4.78, 5) is 24.0. The lowest BCUT2D eigenvalue weighted by atomic mass is 10.0. The standard InChI is InChI=1S/C11H14Cl2N2O.C4H8.CH2O2/c1-4-11(2,3)15-10(16)7-5-8(12)14-9(13)6-7;1-2-4-3-1;2-1-3/h5-6H,4H2,1-3H3,(H,15,16);1-4H2;1H,(H,2,3). The van der Waals surface area contributed by atoms with E-state index in [1.165, 1.54) is 37.8 Å². The molecule has 0 saturated heterocycles. The molecule has 5 nitrogen and oxygen atoms in total. The van der Waals surface area contributed by atoms with Crippen molar-refractivity contribution in [1.82, 2.24) is 10.3 Å². The summed E-state index contributed by atoms with van der Waals surface area (Å²) in [7, 11) is 0. The maximum absolute atomic E-state index is 11.9. The maximum Gasteiger partial charge on any atom is 0.290 e. The van der Waals surface area contributed by atoms with Crippen LogP contribution < -0.4 is 5.32 Å². The van der Waals surface area contributed by atoms with Crippen LogP contribution in [-0.2, 0) is 4.79 Å². The second kappa shape index (κ2) is 11.2. The van der Waals surface area contributed by atoms with Crippen LogP contribution in [0.25, 0.3) is 0 Å². The van der Waals surface area contributed by atoms with Crippen molar-refractivity contribution in [3.8, 4) is 0 Å². The second-order valence-corrected chi connectivity index (χ2v) is 6.49. The van der Waals surface area contributed by atoms with E-state index in [0.717, 1.165) is 6.42 Å². The Hall–Kier alpha value is -1.33. The molecule has 0 spiro atoms. The van der Waals surface area contributed by atoms with Gasteiger partial charge in [0.15, 0.2) is 0 Å². The van der Waals surface area contributed by atoms with Gasteiger partial charge in [-0.05, 0) is 32.4 Å². The molecule has 0 radical (unpaired) electrons. The Morgan fingerprint density at radius 2 is 1.65 bits per heavy atom. The summed E-state index contributed by atoms with van der Waals surface area (Å²) in [5.74, 6) is -0.196. The molecule has 23 heavy (non-hydrogen) atoms. The summed E-state index contributed by atoms with van der Waals surface area (Å²) in [5, 5.41) is 10.2. The van der Waals surface area contributed by atoms with Gasteiger partial charge in [0, 0.05) is 11.1 Å². The third-order valence-electron chi connectivity index (χ3n) is 3.36. The fraction of sp³-hybridized carbons (Fsp3) is 0.562. The highest BCUT2D eigenvalue weighted by molar-refractivity contribution is 6.33. The van der Waals surface area contributed by atoms with Crippen LogP contribution in [0.3, 0.4) is 0 Å². The minimum atomic E-state index is -0.251. The SMILES string of the molecule is C1CCC1.CCC(C)(C)NC(=O)c1cc(Cl)nc(Cl)c1.O=CO. The van der Waals surface area contributed by atoms with Crippen LogP contribution in [-0.4, -0.2) is 28.0 Å². The average molecular weight is 363 g/mol. The first-order chi connectivity index (χ1) is 10.8. The van der Waals surface area contributed by atoms with Crippen LogP contribution in [0.2, 0.25) is 10.3 Å². The molecule has 1 amide bonds. The van der Waals surface area contributed by atoms with Crippen LogP contribution in [0, 0.1) is 0 Å². The minimum absolute atomic E-state index is 0.196. The van der Waals surface area contributed by atoms with Gasteiger partial charge in [0.25, 0.3) is 12.4 Å². The first-order valence-electron chi connectivity index (χ1n) is 7.49. The molecule has 1 aliphatic carbocycles. The van der Waals surface area contributed by atoms with Crippen LogP contribution in [0.1, 0.15) is 63.2 Å². The van der Waals surface area contributed by atoms with Crippen LogP contribution in [0.4, 0.5) is 0 Å². The smallest absolute Gasteiger partial charge is 0.290 e. The number of hydrogen-bond acceptors (Lipinski definition) is 3. The summed E-state index contributed by atoms with van der Waals surface area (Å²) in [5.41, 5.74) is 0.172. The van der Waals surface area contributed by atoms with Crippen molar-refractivity contribution in [1.29, 1.82) is 0 Å². The minimum Gasteiger partial charge on any atom is -0.483 e. The molecule has 1 saturated carbocycles. The van der Waals surface area contributed by atoms with Crippen LogP contribution in [0.5, 0.6) is 0 Å². The Balaban J connectivity index is 0.000000571. The number of halogens is 2. The number of carbonyl (C=O) groups excluding carboxylic acids is 1. The summed E-state index contributed by atoms with van der Waals surface area (Å²) in [6.07, 6.45) is 6.84. The van der Waals surface area contributed by atoms with Gasteiger partial charge in [0.05, 0.1) is 0 Å². The van der Waals surface area contributed by atoms with E-state index in [1.807, 2.05) is 20.8 Å². The molecule has 0 unspecified atom stereocenters. The molecular weight excluding hydrogens is 339 g/mol. The van der Waals surface area contributed by atoms with E-state index in [0.29, 0.717) is 5.56 Å². The monoisotopic (exact) mass is 362 g/mol. The molecule has 1 aromatic heterocycles. The maximum atomic E-state index is 11.9. The molecule has 0 aromatic carbocycles. The number of hydrogen-bond donors (Lipinski definition) is 2. The fourth-order valence-electron chi connectivity index (χ4n) is 1.31. The molecule has 1 heterocycles. The largest absolute Gasteiger partial charge is 0.483 e. The van der Waals surface area contributed by atoms with E-state index in [9.17, 15) is 4.79 Å². The Bertz CT molecular complexity index is 480. The number of aromatic nitrogens is 1. The lowest BCUT2D eigenvalue weighted by Gasteiger charge is -2.24. The Labute approximate surface area is 147 Å². The highest BCUT2D eigenvalue weighted by atomic mass is 35.5. The second-order valence-electron chi connectivity index (χ2n) is 5.71. The predicted octanol–water partition coefficient (Wildman–Crippen LogP) is 4.57. The zero-order valence-corrected chi connectivity index (χ0v) is 15.2. The Morgan fingerprint density at radius 1 is 1.26 bits per heavy atom. The molecule has 130 valence electrons. The molecule has 2 rings (SSSR count). The van der Waals surface area contributed by atoms with Gasteiger partial charge < -0.3 is 10.4 Å². The highest BCUT2D eigenvalue weighted by Crippen LogP contribution is 2.16. The van der Waals surface area contributed by atoms with Crippen LogP contribution in [0.15, 0.2) is 12.1 Å². The third-order valence-corrected chi connectivity index (χ3v) is 3.75. The Morgan fingerprint density at radius 3 is 1.96 bits per heavy atom. The summed E-state index contributed by atoms with van der Waals surface area (Å²) < 4.78 is 0. The van der Waals surface area contributed by atoms with E-state index in [4.69, 9.17) is 33.1 Å². The zero-order chi connectivity index (χ0) is 17.9. The lowest BCUT2D eigenvalue weighted by molar-refractivity contribution is -0.122. The fourth-order valence-corrected chi connectivity index (χ4v) is 1.77. The molecule has 0 atom stereocenters. The number of carbonyl (C=O) groups is 2. The molecule has 1 aliphatic rings. The van der Waals surface area contributed by atoms with Crippen molar-refractivity contribution in [2.75, 3.05) is 0 Å². The molecular formula is C16H24Cl2N2O3. The van der Waals surface area contributed by atoms with Gasteiger partial charge in [0.2, 0.25) is 0 Å². The number of rotatable bonds is 3. The molecule has 1 fully saturated rings. The number of carboxylic acid groups (broad SMARTS) is 1. The molecule has 2 N–H and O–H groups in total. The number of amides is 1. The summed E-state index contributed by atoms with van der Waals surface area (Å²) in [6, 6.07) is 2.99. The molecule has 1 aromatic rings. The van der Waals surface area contributed by atoms with Gasteiger partial charge in [-0.2, -0.15) is 0 Å². The first kappa shape index (κ1) is 21.7. The number of pyridine rings is 1. The van der Waals surface area contributed by atoms with E-state index < -0.39 is 0 Å². The van der Waals surface area contributed by atoms with E-state index >= 15 is 0 Å². The van der Waals surface area contributed by atoms with Crippen molar-refractivity contribution in [3.63, 3.8) is 0 Å². The highest BCUT2D eigenvalue weighted by Gasteiger charge is 2.19. The quantitative estimate of drug-likeness (QED) is 0.609. The summed E-state index contributed by atoms with van der Waals surface area (Å²) >= 11 is 11.4. The van der Waals surface area contributed by atoms with Gasteiger partial charge in [-0.1, -0.05) is 55.8 Å². The number of nitrogens with zero attached hydrogens (tertiary/aromatic N) is 1. The molecule has 0 bridgehead atoms. The van der Waals surface area contributed by atoms with Crippen molar-refractivity contribution in [2.45, 2.75) is 58.4 Å². The van der Waals surface area contributed by atoms with Gasteiger partial charge in [-0.25, -0.2) is 4.98 Å². The lowest BCUT2D eigenvalue weighted by Crippen LogP contribution is -2.42. The van der Waals surface area contributed by atoms with Gasteiger partial charge in [-0.3, -0.25) is 9.59 Å². The van der Waals surface area contributed by atoms with Gasteiger partial charge in [0.1, 0.15) is 10.3 Å². The average Bonchev–Trinajstić information content (AvgIpc) is 2.36. The van der Waals surface area contributed by atoms with Crippen molar-refractivity contribution >= 4 is 35.6 Å².